The van der Waals surface area contributed by atoms with Gasteiger partial charge in [-0.25, -0.2) is 0 Å². The van der Waals surface area contributed by atoms with E-state index >= 15 is 0 Å². The van der Waals surface area contributed by atoms with Crippen molar-refractivity contribution in [1.82, 2.24) is 0 Å². The Morgan fingerprint density at radius 1 is 0.508 bits per heavy atom. The molecule has 9 nitrogen and oxygen atoms in total. The minimum Gasteiger partial charge on any atom is -0.756 e. The Bertz CT molecular complexity index is 1340. The van der Waals surface area contributed by atoms with Crippen molar-refractivity contribution in [3.63, 3.8) is 0 Å². The Morgan fingerprint density at radius 2 is 0.905 bits per heavy atom. The number of hydrogen-bond acceptors (Lipinski definition) is 8. The van der Waals surface area contributed by atoms with Crippen LogP contribution in [-0.2, 0) is 32.7 Å². The molecule has 2 unspecified atom stereocenters. The summed E-state index contributed by atoms with van der Waals surface area (Å²) < 4.78 is 34.0. The largest absolute Gasteiger partial charge is 0.756 e. The summed E-state index contributed by atoms with van der Waals surface area (Å²) in [5.41, 5.74) is 0. The van der Waals surface area contributed by atoms with Gasteiger partial charge < -0.3 is 27.9 Å². The molecule has 0 aromatic heterocycles. The second-order valence-electron chi connectivity index (χ2n) is 17.4. The summed E-state index contributed by atoms with van der Waals surface area (Å²) in [5, 5.41) is 0. The normalized spacial score (nSPS) is 14.2. The second kappa shape index (κ2) is 44.4. The van der Waals surface area contributed by atoms with Gasteiger partial charge in [0.25, 0.3) is 7.82 Å². The van der Waals surface area contributed by atoms with Crippen LogP contribution in [0.4, 0.5) is 0 Å². The molecule has 0 bridgehead atoms. The van der Waals surface area contributed by atoms with Crippen LogP contribution in [0.1, 0.15) is 187 Å². The zero-order chi connectivity index (χ0) is 46.4. The molecule has 0 spiro atoms. The van der Waals surface area contributed by atoms with E-state index in [2.05, 4.69) is 98.9 Å². The van der Waals surface area contributed by atoms with Gasteiger partial charge in [0.1, 0.15) is 19.8 Å². The fourth-order valence-electron chi connectivity index (χ4n) is 6.30. The molecule has 0 saturated carbocycles. The topological polar surface area (TPSA) is 111 Å². The lowest BCUT2D eigenvalue weighted by atomic mass is 10.1. The van der Waals surface area contributed by atoms with E-state index in [0.29, 0.717) is 23.9 Å². The standard InChI is InChI=1S/C53H92NO8P/c1-6-8-10-12-14-16-18-20-22-24-26-27-28-30-32-34-36-38-40-42-44-46-53(56)62-51(50-61-63(57,58)60-48-47-54(3,4)5)49-59-52(55)45-43-41-39-37-35-33-31-29-25-23-21-19-17-15-13-11-9-7-2/h8,10,14,16-17,19-20,22-23,25-27,30,32,51H,6-7,9,11-13,15,18,21,24,28-29,31,33-50H2,1-5H3/b10-8-,16-14-,19-17-,22-20-,25-23-,27-26-,32-30-. The molecule has 0 aliphatic rings. The van der Waals surface area contributed by atoms with Crippen molar-refractivity contribution in [3.05, 3.63) is 85.1 Å². The van der Waals surface area contributed by atoms with E-state index < -0.39 is 32.5 Å². The van der Waals surface area contributed by atoms with E-state index in [1.165, 1.54) is 51.4 Å². The first-order valence-electron chi connectivity index (χ1n) is 24.8. The van der Waals surface area contributed by atoms with Crippen molar-refractivity contribution in [2.75, 3.05) is 47.5 Å². The second-order valence-corrected chi connectivity index (χ2v) is 18.9. The third kappa shape index (κ3) is 48.5. The molecular formula is C53H92NO8P. The number of esters is 2. The first kappa shape index (κ1) is 60.2. The van der Waals surface area contributed by atoms with Crippen LogP contribution < -0.4 is 4.89 Å². The number of nitrogens with zero attached hydrogens (tertiary/aromatic N) is 1. The van der Waals surface area contributed by atoms with Gasteiger partial charge >= 0.3 is 11.9 Å². The Balaban J connectivity index is 4.36. The average Bonchev–Trinajstić information content (AvgIpc) is 3.24. The fraction of sp³-hybridized carbons (Fsp3) is 0.698. The maximum Gasteiger partial charge on any atom is 0.306 e. The maximum absolute atomic E-state index is 12.7. The number of quaternary nitrogens is 1. The molecule has 0 aliphatic heterocycles. The minimum absolute atomic E-state index is 0.0409. The van der Waals surface area contributed by atoms with Crippen LogP contribution in [0.2, 0.25) is 0 Å². The SMILES string of the molecule is CC/C=C\C/C=C\C/C=C\C/C=C\C/C=C\CCCCCCCC(=O)OC(COC(=O)CCCCCCCCC/C=C\C/C=C\CCCCCC)COP(=O)([O-])OCC[N+](C)(C)C. The molecule has 0 rings (SSSR count). The number of unbranched alkanes of at least 4 members (excludes halogenated alkanes) is 16. The van der Waals surface area contributed by atoms with Crippen molar-refractivity contribution in [2.45, 2.75) is 193 Å². The van der Waals surface area contributed by atoms with E-state index in [1.807, 2.05) is 21.1 Å². The number of rotatable bonds is 44. The number of likely N-dealkylation sites (N-methyl/N-ethyl adjacent to an activating group) is 1. The summed E-state index contributed by atoms with van der Waals surface area (Å²) in [4.78, 5) is 37.7. The molecule has 0 aliphatic carbocycles. The Kier molecular flexibility index (Phi) is 42.4. The van der Waals surface area contributed by atoms with Gasteiger partial charge in [0.15, 0.2) is 6.10 Å². The van der Waals surface area contributed by atoms with Crippen molar-refractivity contribution in [1.29, 1.82) is 0 Å². The van der Waals surface area contributed by atoms with Crippen LogP contribution in [0.25, 0.3) is 0 Å². The number of hydrogen-bond donors (Lipinski definition) is 0. The van der Waals surface area contributed by atoms with Gasteiger partial charge in [0, 0.05) is 12.8 Å². The van der Waals surface area contributed by atoms with Gasteiger partial charge in [-0.3, -0.25) is 14.2 Å². The fourth-order valence-corrected chi connectivity index (χ4v) is 7.03. The highest BCUT2D eigenvalue weighted by Crippen LogP contribution is 2.38. The van der Waals surface area contributed by atoms with Gasteiger partial charge in [-0.2, -0.15) is 0 Å². The lowest BCUT2D eigenvalue weighted by molar-refractivity contribution is -0.870. The molecule has 0 radical (unpaired) electrons. The summed E-state index contributed by atoms with van der Waals surface area (Å²) in [6.45, 7) is 4.06. The summed E-state index contributed by atoms with van der Waals surface area (Å²) in [6, 6.07) is 0. The highest BCUT2D eigenvalue weighted by Gasteiger charge is 2.21. The molecular weight excluding hydrogens is 810 g/mol. The van der Waals surface area contributed by atoms with Crippen LogP contribution in [0.15, 0.2) is 85.1 Å². The molecule has 10 heteroatoms. The van der Waals surface area contributed by atoms with Crippen LogP contribution in [-0.4, -0.2) is 70.0 Å². The number of carbonyl (C=O) groups is 2. The molecule has 0 N–H and O–H groups in total. The molecule has 0 saturated heterocycles. The smallest absolute Gasteiger partial charge is 0.306 e. The third-order valence-electron chi connectivity index (χ3n) is 10.1. The van der Waals surface area contributed by atoms with E-state index in [-0.39, 0.29) is 26.1 Å². The van der Waals surface area contributed by atoms with Crippen LogP contribution in [0.5, 0.6) is 0 Å². The summed E-state index contributed by atoms with van der Waals surface area (Å²) in [7, 11) is 1.13. The Hall–Kier alpha value is -2.81. The molecule has 0 heterocycles. The number of allylic oxidation sites excluding steroid dienone is 14. The first-order valence-corrected chi connectivity index (χ1v) is 26.3. The molecule has 0 amide bonds. The summed E-state index contributed by atoms with van der Waals surface area (Å²) in [5.74, 6) is -0.870. The number of carbonyl (C=O) groups excluding carboxylic acids is 2. The Morgan fingerprint density at radius 3 is 1.35 bits per heavy atom. The lowest BCUT2D eigenvalue weighted by Crippen LogP contribution is -2.37. The predicted octanol–water partition coefficient (Wildman–Crippen LogP) is 14.1. The predicted molar refractivity (Wildman–Crippen MR) is 263 cm³/mol. The van der Waals surface area contributed by atoms with Crippen molar-refractivity contribution in [2.24, 2.45) is 0 Å². The maximum atomic E-state index is 12.7. The van der Waals surface area contributed by atoms with E-state index in [9.17, 15) is 19.0 Å². The average molecular weight is 902 g/mol. The highest BCUT2D eigenvalue weighted by molar-refractivity contribution is 7.45. The van der Waals surface area contributed by atoms with Gasteiger partial charge in [-0.15, -0.1) is 0 Å². The first-order chi connectivity index (χ1) is 30.5. The number of phosphoric acid groups is 1. The third-order valence-corrected chi connectivity index (χ3v) is 11.1. The van der Waals surface area contributed by atoms with Crippen molar-refractivity contribution < 1.29 is 42.1 Å². The Labute approximate surface area is 386 Å². The monoisotopic (exact) mass is 902 g/mol. The van der Waals surface area contributed by atoms with Gasteiger partial charge in [-0.1, -0.05) is 170 Å². The van der Waals surface area contributed by atoms with Crippen LogP contribution >= 0.6 is 7.82 Å². The summed E-state index contributed by atoms with van der Waals surface area (Å²) in [6.07, 6.45) is 57.5. The zero-order valence-electron chi connectivity index (χ0n) is 40.7. The zero-order valence-corrected chi connectivity index (χ0v) is 41.6. The van der Waals surface area contributed by atoms with Gasteiger partial charge in [0.2, 0.25) is 0 Å². The van der Waals surface area contributed by atoms with Gasteiger partial charge in [0.05, 0.1) is 27.7 Å². The molecule has 0 aromatic rings. The number of phosphoric ester groups is 1. The van der Waals surface area contributed by atoms with E-state index in [4.69, 9.17) is 18.5 Å². The van der Waals surface area contributed by atoms with Gasteiger partial charge in [-0.05, 0) is 89.9 Å². The van der Waals surface area contributed by atoms with E-state index in [0.717, 1.165) is 96.3 Å². The minimum atomic E-state index is -4.64. The van der Waals surface area contributed by atoms with Crippen LogP contribution in [0, 0.1) is 0 Å². The number of ether oxygens (including phenoxy) is 2. The molecule has 63 heavy (non-hydrogen) atoms. The van der Waals surface area contributed by atoms with E-state index in [1.54, 1.807) is 0 Å². The van der Waals surface area contributed by atoms with Crippen molar-refractivity contribution >= 4 is 19.8 Å². The summed E-state index contributed by atoms with van der Waals surface area (Å²) >= 11 is 0. The van der Waals surface area contributed by atoms with Crippen LogP contribution in [0.3, 0.4) is 0 Å². The quantitative estimate of drug-likeness (QED) is 0.0195. The molecule has 362 valence electrons. The molecule has 0 aromatic carbocycles. The highest BCUT2D eigenvalue weighted by atomic mass is 31.2. The lowest BCUT2D eigenvalue weighted by Gasteiger charge is -2.28. The molecule has 2 atom stereocenters. The van der Waals surface area contributed by atoms with Crippen molar-refractivity contribution in [3.8, 4) is 0 Å². The molecule has 0 fully saturated rings.